The second-order valence-corrected chi connectivity index (χ2v) is 5.80. The lowest BCUT2D eigenvalue weighted by Crippen LogP contribution is -2.20. The maximum absolute atomic E-state index is 11.3. The van der Waals surface area contributed by atoms with Crippen molar-refractivity contribution in [2.75, 3.05) is 0 Å². The number of aliphatic carboxylic acids is 1. The largest absolute Gasteiger partial charge is 0.506 e. The number of aromatic hydroxyl groups is 1. The summed E-state index contributed by atoms with van der Waals surface area (Å²) in [6, 6.07) is 3.67. The predicted octanol–water partition coefficient (Wildman–Crippen LogP) is 3.39. The summed E-state index contributed by atoms with van der Waals surface area (Å²) in [5, 5.41) is 19.3. The first-order valence-corrected chi connectivity index (χ1v) is 6.44. The third-order valence-electron chi connectivity index (χ3n) is 3.43. The average molecular weight is 299 g/mol. The molecule has 1 aliphatic carbocycles. The lowest BCUT2D eigenvalue weighted by molar-refractivity contribution is -0.140. The van der Waals surface area contributed by atoms with Gasteiger partial charge in [0, 0.05) is 5.56 Å². The van der Waals surface area contributed by atoms with E-state index in [0.717, 1.165) is 5.56 Å². The number of carbonyl (C=O) groups is 1. The van der Waals surface area contributed by atoms with Crippen molar-refractivity contribution in [1.82, 2.24) is 0 Å². The number of rotatable bonds is 3. The van der Waals surface area contributed by atoms with Gasteiger partial charge in [-0.15, -0.1) is 0 Å². The normalized spacial score (nSPS) is 17.2. The van der Waals surface area contributed by atoms with Crippen LogP contribution in [0.25, 0.3) is 0 Å². The minimum absolute atomic E-state index is 0.0642. The molecule has 0 bridgehead atoms. The van der Waals surface area contributed by atoms with Crippen molar-refractivity contribution < 1.29 is 15.0 Å². The monoisotopic (exact) mass is 298 g/mol. The van der Waals surface area contributed by atoms with Gasteiger partial charge in [0.15, 0.2) is 0 Å². The molecule has 0 spiro atoms. The van der Waals surface area contributed by atoms with Gasteiger partial charge in [-0.25, -0.2) is 0 Å². The Kier molecular flexibility index (Phi) is 2.94. The van der Waals surface area contributed by atoms with Crippen LogP contribution in [0.5, 0.6) is 5.75 Å². The molecular formula is C13H15BrO3. The van der Waals surface area contributed by atoms with Crippen LogP contribution in [-0.4, -0.2) is 16.2 Å². The molecule has 1 fully saturated rings. The molecule has 2 N–H and O–H groups in total. The number of hydrogen-bond acceptors (Lipinski definition) is 2. The van der Waals surface area contributed by atoms with Crippen molar-refractivity contribution in [1.29, 1.82) is 0 Å². The fourth-order valence-electron chi connectivity index (χ4n) is 2.04. The van der Waals surface area contributed by atoms with Gasteiger partial charge in [-0.1, -0.05) is 19.9 Å². The average Bonchev–Trinajstić information content (AvgIpc) is 3.02. The molecule has 0 radical (unpaired) electrons. The second kappa shape index (κ2) is 4.02. The standard InChI is InChI=1S/C13H15BrO3/c1-7(2)8-5-9(11(15)10(14)6-8)13(3-4-13)12(16)17/h5-7,15H,3-4H2,1-2H3,(H,16,17). The fraction of sp³-hybridized carbons (Fsp3) is 0.462. The molecule has 4 heteroatoms. The van der Waals surface area contributed by atoms with Crippen LogP contribution in [0.15, 0.2) is 16.6 Å². The number of benzene rings is 1. The summed E-state index contributed by atoms with van der Waals surface area (Å²) in [5.41, 5.74) is 0.720. The van der Waals surface area contributed by atoms with Crippen molar-refractivity contribution in [2.45, 2.75) is 38.0 Å². The SMILES string of the molecule is CC(C)c1cc(Br)c(O)c(C2(C(=O)O)CC2)c1. The third-order valence-corrected chi connectivity index (χ3v) is 4.03. The van der Waals surface area contributed by atoms with E-state index in [1.807, 2.05) is 26.0 Å². The molecule has 0 amide bonds. The first kappa shape index (κ1) is 12.4. The zero-order chi connectivity index (χ0) is 12.8. The van der Waals surface area contributed by atoms with Crippen LogP contribution in [-0.2, 0) is 10.2 Å². The molecule has 1 aromatic carbocycles. The van der Waals surface area contributed by atoms with E-state index in [0.29, 0.717) is 28.8 Å². The number of phenols is 1. The Morgan fingerprint density at radius 3 is 2.41 bits per heavy atom. The molecule has 0 aliphatic heterocycles. The maximum Gasteiger partial charge on any atom is 0.314 e. The van der Waals surface area contributed by atoms with Crippen LogP contribution in [0.2, 0.25) is 0 Å². The Labute approximate surface area is 109 Å². The second-order valence-electron chi connectivity index (χ2n) is 4.94. The summed E-state index contributed by atoms with van der Waals surface area (Å²) >= 11 is 3.29. The van der Waals surface area contributed by atoms with Gasteiger partial charge in [0.05, 0.1) is 9.89 Å². The highest BCUT2D eigenvalue weighted by molar-refractivity contribution is 9.10. The number of carboxylic acid groups (broad SMARTS) is 1. The Bertz CT molecular complexity index is 476. The molecule has 2 rings (SSSR count). The summed E-state index contributed by atoms with van der Waals surface area (Å²) in [5.74, 6) is -0.481. The van der Waals surface area contributed by atoms with Crippen LogP contribution in [0.1, 0.15) is 43.7 Å². The zero-order valence-electron chi connectivity index (χ0n) is 9.83. The van der Waals surface area contributed by atoms with Gasteiger partial charge in [0.1, 0.15) is 5.75 Å². The van der Waals surface area contributed by atoms with E-state index in [2.05, 4.69) is 15.9 Å². The van der Waals surface area contributed by atoms with Gasteiger partial charge < -0.3 is 10.2 Å². The molecule has 17 heavy (non-hydrogen) atoms. The van der Waals surface area contributed by atoms with E-state index in [9.17, 15) is 15.0 Å². The maximum atomic E-state index is 11.3. The molecule has 1 aromatic rings. The van der Waals surface area contributed by atoms with Crippen molar-refractivity contribution in [3.8, 4) is 5.75 Å². The summed E-state index contributed by atoms with van der Waals surface area (Å²) in [4.78, 5) is 11.3. The Balaban J connectivity index is 2.57. The summed E-state index contributed by atoms with van der Waals surface area (Å²) in [7, 11) is 0. The summed E-state index contributed by atoms with van der Waals surface area (Å²) in [6.07, 6.45) is 1.20. The molecule has 0 atom stereocenters. The number of hydrogen-bond donors (Lipinski definition) is 2. The smallest absolute Gasteiger partial charge is 0.314 e. The van der Waals surface area contributed by atoms with E-state index >= 15 is 0 Å². The molecule has 0 unspecified atom stereocenters. The highest BCUT2D eigenvalue weighted by Crippen LogP contribution is 2.53. The molecule has 92 valence electrons. The van der Waals surface area contributed by atoms with Crippen molar-refractivity contribution >= 4 is 21.9 Å². The van der Waals surface area contributed by atoms with Crippen LogP contribution in [0.3, 0.4) is 0 Å². The fourth-order valence-corrected chi connectivity index (χ4v) is 2.52. The Hall–Kier alpha value is -1.03. The van der Waals surface area contributed by atoms with Gasteiger partial charge in [0.25, 0.3) is 0 Å². The van der Waals surface area contributed by atoms with E-state index in [-0.39, 0.29) is 5.75 Å². The highest BCUT2D eigenvalue weighted by Gasteiger charge is 2.53. The first-order valence-electron chi connectivity index (χ1n) is 5.65. The van der Waals surface area contributed by atoms with E-state index < -0.39 is 11.4 Å². The lowest BCUT2D eigenvalue weighted by Gasteiger charge is -2.16. The predicted molar refractivity (Wildman–Crippen MR) is 68.4 cm³/mol. The summed E-state index contributed by atoms with van der Waals surface area (Å²) in [6.45, 7) is 4.09. The van der Waals surface area contributed by atoms with E-state index in [1.165, 1.54) is 0 Å². The van der Waals surface area contributed by atoms with Crippen molar-refractivity contribution in [3.05, 3.63) is 27.7 Å². The first-order chi connectivity index (χ1) is 7.88. The molecule has 0 heterocycles. The van der Waals surface area contributed by atoms with Crippen LogP contribution >= 0.6 is 15.9 Å². The molecule has 1 saturated carbocycles. The molecule has 0 saturated heterocycles. The molecule has 0 aromatic heterocycles. The van der Waals surface area contributed by atoms with Gasteiger partial charge >= 0.3 is 5.97 Å². The minimum atomic E-state index is -0.864. The van der Waals surface area contributed by atoms with Crippen LogP contribution in [0, 0.1) is 0 Å². The topological polar surface area (TPSA) is 57.5 Å². The van der Waals surface area contributed by atoms with E-state index in [4.69, 9.17) is 0 Å². The van der Waals surface area contributed by atoms with Gasteiger partial charge in [0.2, 0.25) is 0 Å². The number of carboxylic acids is 1. The van der Waals surface area contributed by atoms with Gasteiger partial charge in [-0.3, -0.25) is 4.79 Å². The molecular weight excluding hydrogens is 284 g/mol. The quantitative estimate of drug-likeness (QED) is 0.899. The lowest BCUT2D eigenvalue weighted by atomic mass is 9.91. The number of phenolic OH excluding ortho intramolecular Hbond substituents is 1. The van der Waals surface area contributed by atoms with Crippen molar-refractivity contribution in [3.63, 3.8) is 0 Å². The molecule has 1 aliphatic rings. The summed E-state index contributed by atoms with van der Waals surface area (Å²) < 4.78 is 0.575. The molecule has 3 nitrogen and oxygen atoms in total. The van der Waals surface area contributed by atoms with Crippen LogP contribution < -0.4 is 0 Å². The number of halogens is 1. The third kappa shape index (κ3) is 1.95. The van der Waals surface area contributed by atoms with E-state index in [1.54, 1.807) is 0 Å². The van der Waals surface area contributed by atoms with Gasteiger partial charge in [-0.05, 0) is 46.3 Å². The zero-order valence-corrected chi connectivity index (χ0v) is 11.4. The van der Waals surface area contributed by atoms with Crippen molar-refractivity contribution in [2.24, 2.45) is 0 Å². The highest BCUT2D eigenvalue weighted by atomic mass is 79.9. The minimum Gasteiger partial charge on any atom is -0.506 e. The Morgan fingerprint density at radius 2 is 2.00 bits per heavy atom. The van der Waals surface area contributed by atoms with Gasteiger partial charge in [-0.2, -0.15) is 0 Å². The van der Waals surface area contributed by atoms with Crippen LogP contribution in [0.4, 0.5) is 0 Å². The Morgan fingerprint density at radius 1 is 1.41 bits per heavy atom.